The van der Waals surface area contributed by atoms with Crippen LogP contribution in [0.25, 0.3) is 0 Å². The van der Waals surface area contributed by atoms with E-state index in [9.17, 15) is 0 Å². The van der Waals surface area contributed by atoms with Gasteiger partial charge in [0.1, 0.15) is 0 Å². The average Bonchev–Trinajstić information content (AvgIpc) is 0.722. The molecule has 3 heteroatoms. The summed E-state index contributed by atoms with van der Waals surface area (Å²) in [6, 6.07) is 0. The van der Waals surface area contributed by atoms with Gasteiger partial charge in [0.15, 0.2) is 0 Å². The zero-order chi connectivity index (χ0) is 4.50. The van der Waals surface area contributed by atoms with Crippen LogP contribution in [-0.2, 0) is 11.5 Å². The zero-order valence-electron chi connectivity index (χ0n) is 3.47. The maximum atomic E-state index is 2.77. The van der Waals surface area contributed by atoms with Crippen molar-refractivity contribution in [3.8, 4) is 0 Å². The minimum atomic E-state index is -0.417. The summed E-state index contributed by atoms with van der Waals surface area (Å²) in [7, 11) is 5.54. The van der Waals surface area contributed by atoms with Crippen LogP contribution in [-0.4, -0.2) is 0 Å². The van der Waals surface area contributed by atoms with E-state index in [4.69, 9.17) is 0 Å². The van der Waals surface area contributed by atoms with Crippen molar-refractivity contribution in [3.63, 3.8) is 0 Å². The molecule has 0 aromatic rings. The van der Waals surface area contributed by atoms with Crippen molar-refractivity contribution in [2.45, 2.75) is 11.8 Å². The normalized spacial score (nSPS) is 15.2. The molecule has 0 amide bonds. The Morgan fingerprint density at radius 3 is 1.20 bits per heavy atom. The quantitative estimate of drug-likeness (QED) is 0.369. The maximum absolute atomic E-state index is 2.77. The van der Waals surface area contributed by atoms with E-state index in [2.05, 4.69) is 27.8 Å². The third-order valence-corrected chi connectivity index (χ3v) is 0. The van der Waals surface area contributed by atoms with Gasteiger partial charge in [-0.05, 0) is 0 Å². The van der Waals surface area contributed by atoms with Gasteiger partial charge in [-0.25, -0.2) is 0 Å². The van der Waals surface area contributed by atoms with E-state index in [1.165, 1.54) is 0 Å². The first-order valence-corrected chi connectivity index (χ1v) is 7.12. The summed E-state index contributed by atoms with van der Waals surface area (Å²) in [6.45, 7) is 0. The molecule has 0 bridgehead atoms. The monoisotopic (exact) mass is 154 g/mol. The average molecular weight is 155 g/mol. The summed E-state index contributed by atoms with van der Waals surface area (Å²) >= 11 is -0.417. The van der Waals surface area contributed by atoms with E-state index in [0.29, 0.717) is 0 Å². The van der Waals surface area contributed by atoms with Crippen LogP contribution in [0.2, 0.25) is 11.8 Å². The van der Waals surface area contributed by atoms with Crippen molar-refractivity contribution in [2.24, 2.45) is 0 Å². The van der Waals surface area contributed by atoms with Gasteiger partial charge >= 0.3 is 39.3 Å². The molecule has 0 aromatic heterocycles. The predicted molar refractivity (Wildman–Crippen MR) is 31.1 cm³/mol. The van der Waals surface area contributed by atoms with Crippen LogP contribution in [0.1, 0.15) is 0 Å². The molecule has 0 heterocycles. The molecule has 0 aliphatic heterocycles. The summed E-state index contributed by atoms with van der Waals surface area (Å²) < 4.78 is 0. The predicted octanol–water partition coefficient (Wildman–Crippen LogP) is 1.82. The van der Waals surface area contributed by atoms with Crippen molar-refractivity contribution in [1.82, 2.24) is 0 Å². The Kier molecular flexibility index (Phi) is 2.38. The van der Waals surface area contributed by atoms with Crippen LogP contribution in [0.3, 0.4) is 0 Å². The fourth-order valence-corrected chi connectivity index (χ4v) is 0. The van der Waals surface area contributed by atoms with Gasteiger partial charge in [0.25, 0.3) is 0 Å². The summed E-state index contributed by atoms with van der Waals surface area (Å²) in [4.78, 5) is 0. The SMILES string of the molecule is [CH3][Ni]([CH3])([PH2])[PH2]. The molecule has 5 heavy (non-hydrogen) atoms. The van der Waals surface area contributed by atoms with E-state index >= 15 is 0 Å². The van der Waals surface area contributed by atoms with Crippen LogP contribution < -0.4 is 0 Å². The fraction of sp³-hybridized carbons (Fsp3) is 1.00. The van der Waals surface area contributed by atoms with E-state index in [1.807, 2.05) is 0 Å². The summed E-state index contributed by atoms with van der Waals surface area (Å²) in [5.41, 5.74) is 0. The molecule has 0 saturated carbocycles. The third kappa shape index (κ3) is 32.9. The van der Waals surface area contributed by atoms with Gasteiger partial charge in [0, 0.05) is 0 Å². The molecule has 0 aliphatic carbocycles. The first-order valence-electron chi connectivity index (χ1n) is 0.998. The Bertz CT molecular complexity index is 23.1. The van der Waals surface area contributed by atoms with Gasteiger partial charge in [-0.3, -0.25) is 0 Å². The van der Waals surface area contributed by atoms with Crippen molar-refractivity contribution in [1.29, 1.82) is 0 Å². The summed E-state index contributed by atoms with van der Waals surface area (Å²) in [6.07, 6.45) is 0. The molecule has 0 radical (unpaired) electrons. The van der Waals surface area contributed by atoms with Gasteiger partial charge in [0.2, 0.25) is 0 Å². The van der Waals surface area contributed by atoms with Crippen LogP contribution >= 0.6 is 16.0 Å². The molecular formula is C2H10NiP2. The van der Waals surface area contributed by atoms with Crippen molar-refractivity contribution in [2.75, 3.05) is 0 Å². The van der Waals surface area contributed by atoms with Crippen molar-refractivity contribution >= 4 is 16.0 Å². The van der Waals surface area contributed by atoms with Crippen LogP contribution in [0, 0.1) is 0 Å². The standard InChI is InChI=1S/2CH3.Ni.2H2P/h2*1H3;;2*1H2/q;;+2;2*-1. The first kappa shape index (κ1) is 6.35. The molecule has 2 unspecified atom stereocenters. The Hall–Kier alpha value is 1.35. The van der Waals surface area contributed by atoms with Gasteiger partial charge < -0.3 is 0 Å². The number of hydrogen-bond donors (Lipinski definition) is 0. The Morgan fingerprint density at radius 1 is 1.20 bits per heavy atom. The molecule has 0 fully saturated rings. The third-order valence-electron chi connectivity index (χ3n) is 0. The molecule has 0 saturated heterocycles. The second-order valence-electron chi connectivity index (χ2n) is 1.15. The number of hydrogen-bond acceptors (Lipinski definition) is 0. The fourth-order valence-electron chi connectivity index (χ4n) is 0. The van der Waals surface area contributed by atoms with E-state index in [1.54, 1.807) is 0 Å². The van der Waals surface area contributed by atoms with Gasteiger partial charge in [-0.1, -0.05) is 0 Å². The van der Waals surface area contributed by atoms with E-state index in [0.717, 1.165) is 0 Å². The molecular weight excluding hydrogens is 145 g/mol. The zero-order valence-corrected chi connectivity index (χ0v) is 6.77. The Balaban J connectivity index is 3.02. The molecule has 2 atom stereocenters. The molecule has 0 aromatic carbocycles. The Morgan fingerprint density at radius 2 is 1.20 bits per heavy atom. The molecule has 0 N–H and O–H groups in total. The number of rotatable bonds is 0. The minimum absolute atomic E-state index is 0.417. The van der Waals surface area contributed by atoms with Crippen LogP contribution in [0.5, 0.6) is 0 Å². The van der Waals surface area contributed by atoms with E-state index in [-0.39, 0.29) is 0 Å². The Labute approximate surface area is 39.9 Å². The molecule has 0 rings (SSSR count). The molecule has 38 valence electrons. The van der Waals surface area contributed by atoms with Gasteiger partial charge in [-0.2, -0.15) is 0 Å². The van der Waals surface area contributed by atoms with Gasteiger partial charge in [-0.15, -0.1) is 0 Å². The summed E-state index contributed by atoms with van der Waals surface area (Å²) in [5, 5.41) is 0. The molecule has 0 nitrogen and oxygen atoms in total. The second kappa shape index (κ2) is 1.88. The van der Waals surface area contributed by atoms with Crippen molar-refractivity contribution < 1.29 is 11.5 Å². The molecule has 0 spiro atoms. The topological polar surface area (TPSA) is 0 Å². The summed E-state index contributed by atoms with van der Waals surface area (Å²) in [5.74, 6) is 4.41. The van der Waals surface area contributed by atoms with Gasteiger partial charge in [0.05, 0.1) is 0 Å². The van der Waals surface area contributed by atoms with Crippen LogP contribution in [0.15, 0.2) is 0 Å². The van der Waals surface area contributed by atoms with Crippen molar-refractivity contribution in [3.05, 3.63) is 0 Å². The van der Waals surface area contributed by atoms with Crippen LogP contribution in [0.4, 0.5) is 0 Å². The molecule has 0 aliphatic rings. The first-order chi connectivity index (χ1) is 2.00. The van der Waals surface area contributed by atoms with E-state index < -0.39 is 11.5 Å². The second-order valence-corrected chi connectivity index (χ2v) is 14.2.